The fourth-order valence-electron chi connectivity index (χ4n) is 2.49. The van der Waals surface area contributed by atoms with E-state index in [4.69, 9.17) is 10.00 Å². The van der Waals surface area contributed by atoms with Crippen LogP contribution in [0, 0.1) is 25.2 Å². The molecular weight excluding hydrogens is 270 g/mol. The number of carbonyl (C=O) groups excluding carboxylic acids is 1. The van der Waals surface area contributed by atoms with Gasteiger partial charge in [-0.15, -0.1) is 0 Å². The number of aromatic nitrogens is 1. The Kier molecular flexibility index (Phi) is 4.76. The number of pyridine rings is 1. The van der Waals surface area contributed by atoms with E-state index in [1.165, 1.54) is 4.57 Å². The molecule has 2 rings (SSSR count). The number of ether oxygens (including phenoxy) is 1. The highest BCUT2D eigenvalue weighted by Gasteiger charge is 2.17. The Bertz CT molecular complexity index is 637. The topological polar surface area (TPSA) is 84.1 Å². The monoisotopic (exact) mass is 289 g/mol. The van der Waals surface area contributed by atoms with Gasteiger partial charge in [-0.25, -0.2) is 0 Å². The first-order valence-electron chi connectivity index (χ1n) is 7.02. The molecule has 0 unspecified atom stereocenters. The van der Waals surface area contributed by atoms with E-state index in [-0.39, 0.29) is 24.1 Å². The van der Waals surface area contributed by atoms with Gasteiger partial charge in [0.25, 0.3) is 5.56 Å². The molecule has 6 nitrogen and oxygen atoms in total. The Labute approximate surface area is 123 Å². The van der Waals surface area contributed by atoms with Crippen LogP contribution >= 0.6 is 0 Å². The molecule has 1 atom stereocenters. The van der Waals surface area contributed by atoms with Gasteiger partial charge in [0.05, 0.1) is 6.10 Å². The Morgan fingerprint density at radius 2 is 2.33 bits per heavy atom. The standard InChI is InChI=1S/C15H19N3O3/c1-10-6-11(2)18(15(20)13(10)7-16)9-14(19)17-8-12-4-3-5-21-12/h6,12H,3-5,8-9H2,1-2H3,(H,17,19)/t12-/m0/s1. The van der Waals surface area contributed by atoms with Crippen molar-refractivity contribution in [1.29, 1.82) is 5.26 Å². The van der Waals surface area contributed by atoms with Crippen LogP contribution in [0.5, 0.6) is 0 Å². The van der Waals surface area contributed by atoms with E-state index < -0.39 is 5.56 Å². The Morgan fingerprint density at radius 1 is 1.57 bits per heavy atom. The fourth-order valence-corrected chi connectivity index (χ4v) is 2.49. The lowest BCUT2D eigenvalue weighted by Crippen LogP contribution is -2.37. The largest absolute Gasteiger partial charge is 0.376 e. The fraction of sp³-hybridized carbons (Fsp3) is 0.533. The number of hydrogen-bond acceptors (Lipinski definition) is 4. The maximum absolute atomic E-state index is 12.2. The van der Waals surface area contributed by atoms with E-state index in [1.54, 1.807) is 19.9 Å². The first kappa shape index (κ1) is 15.3. The van der Waals surface area contributed by atoms with E-state index in [9.17, 15) is 9.59 Å². The predicted octanol–water partition coefficient (Wildman–Crippen LogP) is 0.632. The van der Waals surface area contributed by atoms with Crippen LogP contribution in [-0.4, -0.2) is 29.7 Å². The van der Waals surface area contributed by atoms with Crippen molar-refractivity contribution in [1.82, 2.24) is 9.88 Å². The molecule has 1 aromatic rings. The second-order valence-corrected chi connectivity index (χ2v) is 5.29. The number of rotatable bonds is 4. The van der Waals surface area contributed by atoms with Crippen molar-refractivity contribution in [3.63, 3.8) is 0 Å². The molecule has 0 saturated carbocycles. The van der Waals surface area contributed by atoms with Gasteiger partial charge in [0, 0.05) is 18.8 Å². The highest BCUT2D eigenvalue weighted by atomic mass is 16.5. The van der Waals surface area contributed by atoms with Crippen molar-refractivity contribution >= 4 is 5.91 Å². The molecule has 112 valence electrons. The molecule has 1 aliphatic rings. The molecule has 1 saturated heterocycles. The lowest BCUT2D eigenvalue weighted by Gasteiger charge is -2.14. The normalized spacial score (nSPS) is 17.5. The molecule has 1 aromatic heterocycles. The van der Waals surface area contributed by atoms with Crippen LogP contribution in [0.1, 0.15) is 29.7 Å². The number of nitrogens with one attached hydrogen (secondary N) is 1. The van der Waals surface area contributed by atoms with Crippen LogP contribution in [0.15, 0.2) is 10.9 Å². The zero-order valence-electron chi connectivity index (χ0n) is 12.3. The van der Waals surface area contributed by atoms with E-state index in [0.29, 0.717) is 17.8 Å². The molecule has 1 fully saturated rings. The van der Waals surface area contributed by atoms with Crippen LogP contribution in [0.3, 0.4) is 0 Å². The van der Waals surface area contributed by atoms with Crippen molar-refractivity contribution in [3.8, 4) is 6.07 Å². The highest BCUT2D eigenvalue weighted by Crippen LogP contribution is 2.10. The summed E-state index contributed by atoms with van der Waals surface area (Å²) in [4.78, 5) is 24.1. The molecular formula is C15H19N3O3. The van der Waals surface area contributed by atoms with Crippen LogP contribution < -0.4 is 10.9 Å². The molecule has 0 bridgehead atoms. The third-order valence-electron chi connectivity index (χ3n) is 3.67. The molecule has 1 N–H and O–H groups in total. The highest BCUT2D eigenvalue weighted by molar-refractivity contribution is 5.75. The van der Waals surface area contributed by atoms with Gasteiger partial charge in [0.2, 0.25) is 5.91 Å². The van der Waals surface area contributed by atoms with Gasteiger partial charge in [-0.05, 0) is 38.3 Å². The van der Waals surface area contributed by atoms with Crippen molar-refractivity contribution < 1.29 is 9.53 Å². The van der Waals surface area contributed by atoms with E-state index in [1.807, 2.05) is 6.07 Å². The average Bonchev–Trinajstić information content (AvgIpc) is 2.95. The average molecular weight is 289 g/mol. The number of carbonyl (C=O) groups is 1. The molecule has 1 aliphatic heterocycles. The maximum atomic E-state index is 12.2. The summed E-state index contributed by atoms with van der Waals surface area (Å²) in [5.41, 5.74) is 0.981. The minimum atomic E-state index is -0.415. The minimum absolute atomic E-state index is 0.0689. The molecule has 0 aromatic carbocycles. The van der Waals surface area contributed by atoms with Crippen molar-refractivity contribution in [2.24, 2.45) is 0 Å². The smallest absolute Gasteiger partial charge is 0.269 e. The summed E-state index contributed by atoms with van der Waals surface area (Å²) >= 11 is 0. The van der Waals surface area contributed by atoms with Gasteiger partial charge in [0.15, 0.2) is 0 Å². The summed E-state index contributed by atoms with van der Waals surface area (Å²) in [5.74, 6) is -0.247. The molecule has 0 spiro atoms. The zero-order valence-corrected chi connectivity index (χ0v) is 12.3. The summed E-state index contributed by atoms with van der Waals surface area (Å²) < 4.78 is 6.76. The van der Waals surface area contributed by atoms with Gasteiger partial charge in [-0.1, -0.05) is 0 Å². The third-order valence-corrected chi connectivity index (χ3v) is 3.67. The molecule has 2 heterocycles. The molecule has 6 heteroatoms. The molecule has 0 radical (unpaired) electrons. The lowest BCUT2D eigenvalue weighted by atomic mass is 10.1. The van der Waals surface area contributed by atoms with Gasteiger partial charge < -0.3 is 14.6 Å². The SMILES string of the molecule is Cc1cc(C)n(CC(=O)NC[C@@H]2CCCO2)c(=O)c1C#N. The second kappa shape index (κ2) is 6.55. The number of hydrogen-bond donors (Lipinski definition) is 1. The Morgan fingerprint density at radius 3 is 2.95 bits per heavy atom. The third kappa shape index (κ3) is 3.50. The van der Waals surface area contributed by atoms with Crippen molar-refractivity contribution in [2.45, 2.75) is 39.3 Å². The Balaban J connectivity index is 2.07. The Hall–Kier alpha value is -2.13. The van der Waals surface area contributed by atoms with Crippen LogP contribution in [-0.2, 0) is 16.1 Å². The number of aryl methyl sites for hydroxylation is 2. The lowest BCUT2D eigenvalue weighted by molar-refractivity contribution is -0.122. The zero-order chi connectivity index (χ0) is 15.4. The van der Waals surface area contributed by atoms with Crippen LogP contribution in [0.25, 0.3) is 0 Å². The second-order valence-electron chi connectivity index (χ2n) is 5.29. The van der Waals surface area contributed by atoms with Gasteiger partial charge in [-0.3, -0.25) is 9.59 Å². The maximum Gasteiger partial charge on any atom is 0.269 e. The summed E-state index contributed by atoms with van der Waals surface area (Å²) in [6.07, 6.45) is 2.03. The molecule has 1 amide bonds. The van der Waals surface area contributed by atoms with Crippen LogP contribution in [0.2, 0.25) is 0 Å². The van der Waals surface area contributed by atoms with Gasteiger partial charge >= 0.3 is 0 Å². The van der Waals surface area contributed by atoms with Crippen molar-refractivity contribution in [2.75, 3.05) is 13.2 Å². The van der Waals surface area contributed by atoms with E-state index in [0.717, 1.165) is 19.4 Å². The van der Waals surface area contributed by atoms with E-state index in [2.05, 4.69) is 5.32 Å². The number of amides is 1. The first-order valence-corrected chi connectivity index (χ1v) is 7.02. The summed E-state index contributed by atoms with van der Waals surface area (Å²) in [6, 6.07) is 3.64. The van der Waals surface area contributed by atoms with Gasteiger partial charge in [-0.2, -0.15) is 5.26 Å². The summed E-state index contributed by atoms with van der Waals surface area (Å²) in [5, 5.41) is 11.8. The van der Waals surface area contributed by atoms with Crippen LogP contribution in [0.4, 0.5) is 0 Å². The summed E-state index contributed by atoms with van der Waals surface area (Å²) in [7, 11) is 0. The number of nitrogens with zero attached hydrogens (tertiary/aromatic N) is 2. The number of nitriles is 1. The molecule has 0 aliphatic carbocycles. The van der Waals surface area contributed by atoms with Gasteiger partial charge in [0.1, 0.15) is 18.2 Å². The predicted molar refractivity (Wildman–Crippen MR) is 76.9 cm³/mol. The first-order chi connectivity index (χ1) is 10.0. The minimum Gasteiger partial charge on any atom is -0.376 e. The van der Waals surface area contributed by atoms with Crippen molar-refractivity contribution in [3.05, 3.63) is 33.2 Å². The van der Waals surface area contributed by atoms with E-state index >= 15 is 0 Å². The quantitative estimate of drug-likeness (QED) is 0.881. The summed E-state index contributed by atoms with van der Waals surface area (Å²) in [6.45, 7) is 4.59. The molecule has 21 heavy (non-hydrogen) atoms.